The van der Waals surface area contributed by atoms with Gasteiger partial charge in [0.15, 0.2) is 6.20 Å². The predicted octanol–water partition coefficient (Wildman–Crippen LogP) is 3.76. The Kier molecular flexibility index (Phi) is 4.50. The number of aromatic nitrogens is 1. The van der Waals surface area contributed by atoms with Gasteiger partial charge in [-0.2, -0.15) is 5.26 Å². The Morgan fingerprint density at radius 3 is 2.90 bits per heavy atom. The third-order valence-electron chi connectivity index (χ3n) is 2.76. The second kappa shape index (κ2) is 6.33. The van der Waals surface area contributed by atoms with Gasteiger partial charge in [0.05, 0.1) is 16.1 Å². The van der Waals surface area contributed by atoms with Crippen molar-refractivity contribution < 1.29 is 9.66 Å². The van der Waals surface area contributed by atoms with E-state index >= 15 is 0 Å². The molecule has 0 aliphatic rings. The van der Waals surface area contributed by atoms with E-state index in [1.807, 2.05) is 6.07 Å². The van der Waals surface area contributed by atoms with E-state index < -0.39 is 11.0 Å². The topological polar surface area (TPSA) is 89.1 Å². The lowest BCUT2D eigenvalue weighted by Gasteiger charge is -2.15. The normalized spacial score (nSPS) is 11.5. The third kappa shape index (κ3) is 3.55. The van der Waals surface area contributed by atoms with Crippen molar-refractivity contribution in [1.29, 1.82) is 5.26 Å². The van der Waals surface area contributed by atoms with Gasteiger partial charge in [-0.05, 0) is 50.5 Å². The van der Waals surface area contributed by atoms with Gasteiger partial charge in [0.25, 0.3) is 0 Å². The number of hydrogen-bond donors (Lipinski definition) is 0. The standard InChI is InChI=1S/C14H10BrN3O3/c1-9(11-4-2-3-10(5-11)7-16)21-13-6-12(15)8-17-14(13)18(19)20/h2-6,8-9H,1H3/t9-/m1/s1. The molecule has 0 aliphatic carbocycles. The number of nitriles is 1. The van der Waals surface area contributed by atoms with Crippen LogP contribution in [0.4, 0.5) is 5.82 Å². The SMILES string of the molecule is C[C@@H](Oc1cc(Br)cnc1[N+](=O)[O-])c1cccc(C#N)c1. The lowest BCUT2D eigenvalue weighted by molar-refractivity contribution is -0.390. The molecule has 2 aromatic rings. The van der Waals surface area contributed by atoms with Gasteiger partial charge in [-0.25, -0.2) is 0 Å². The molecule has 0 saturated carbocycles. The molecule has 0 saturated heterocycles. The summed E-state index contributed by atoms with van der Waals surface area (Å²) in [7, 11) is 0. The second-order valence-corrected chi connectivity index (χ2v) is 5.15. The van der Waals surface area contributed by atoms with Gasteiger partial charge in [0.1, 0.15) is 6.10 Å². The molecule has 1 atom stereocenters. The van der Waals surface area contributed by atoms with Crippen LogP contribution < -0.4 is 4.74 Å². The van der Waals surface area contributed by atoms with Gasteiger partial charge in [0.2, 0.25) is 5.75 Å². The molecule has 0 N–H and O–H groups in total. The van der Waals surface area contributed by atoms with E-state index in [0.29, 0.717) is 10.0 Å². The van der Waals surface area contributed by atoms with Crippen molar-refractivity contribution in [2.75, 3.05) is 0 Å². The highest BCUT2D eigenvalue weighted by Crippen LogP contribution is 2.31. The predicted molar refractivity (Wildman–Crippen MR) is 78.8 cm³/mol. The lowest BCUT2D eigenvalue weighted by Crippen LogP contribution is -2.06. The summed E-state index contributed by atoms with van der Waals surface area (Å²) in [6.07, 6.45) is 0.888. The fourth-order valence-electron chi connectivity index (χ4n) is 1.76. The molecule has 0 bridgehead atoms. The van der Waals surface area contributed by atoms with Crippen molar-refractivity contribution in [1.82, 2.24) is 4.98 Å². The van der Waals surface area contributed by atoms with E-state index in [4.69, 9.17) is 10.00 Å². The summed E-state index contributed by atoms with van der Waals surface area (Å²) in [4.78, 5) is 14.1. The summed E-state index contributed by atoms with van der Waals surface area (Å²) < 4.78 is 6.21. The number of ether oxygens (including phenoxy) is 1. The van der Waals surface area contributed by atoms with Gasteiger partial charge >= 0.3 is 5.82 Å². The minimum atomic E-state index is -0.597. The van der Waals surface area contributed by atoms with E-state index in [1.54, 1.807) is 31.2 Å². The molecule has 106 valence electrons. The molecule has 2 rings (SSSR count). The van der Waals surface area contributed by atoms with Crippen LogP contribution in [0.3, 0.4) is 0 Å². The Morgan fingerprint density at radius 1 is 1.48 bits per heavy atom. The fraction of sp³-hybridized carbons (Fsp3) is 0.143. The zero-order chi connectivity index (χ0) is 15.4. The summed E-state index contributed by atoms with van der Waals surface area (Å²) in [5.41, 5.74) is 1.26. The monoisotopic (exact) mass is 347 g/mol. The van der Waals surface area contributed by atoms with Gasteiger partial charge < -0.3 is 14.9 Å². The molecule has 1 aromatic heterocycles. The molecule has 21 heavy (non-hydrogen) atoms. The fourth-order valence-corrected chi connectivity index (χ4v) is 2.07. The highest BCUT2D eigenvalue weighted by molar-refractivity contribution is 9.10. The first kappa shape index (κ1) is 14.9. The van der Waals surface area contributed by atoms with Gasteiger partial charge in [-0.15, -0.1) is 0 Å². The van der Waals surface area contributed by atoms with Gasteiger partial charge in [0, 0.05) is 6.07 Å². The van der Waals surface area contributed by atoms with E-state index in [1.165, 1.54) is 12.3 Å². The molecule has 1 heterocycles. The maximum Gasteiger partial charge on any atom is 0.406 e. The minimum Gasteiger partial charge on any atom is -0.478 e. The van der Waals surface area contributed by atoms with Crippen LogP contribution in [-0.4, -0.2) is 9.91 Å². The van der Waals surface area contributed by atoms with E-state index in [9.17, 15) is 10.1 Å². The van der Waals surface area contributed by atoms with Crippen molar-refractivity contribution >= 4 is 21.7 Å². The lowest BCUT2D eigenvalue weighted by atomic mass is 10.1. The summed E-state index contributed by atoms with van der Waals surface area (Å²) in [6, 6.07) is 10.4. The number of rotatable bonds is 4. The first-order chi connectivity index (χ1) is 10.0. The van der Waals surface area contributed by atoms with Crippen LogP contribution in [0.1, 0.15) is 24.2 Å². The number of pyridine rings is 1. The Bertz CT molecular complexity index is 728. The number of nitrogens with zero attached hydrogens (tertiary/aromatic N) is 3. The summed E-state index contributed by atoms with van der Waals surface area (Å²) >= 11 is 3.21. The summed E-state index contributed by atoms with van der Waals surface area (Å²) in [5.74, 6) is -0.272. The average Bonchev–Trinajstić information content (AvgIpc) is 2.47. The smallest absolute Gasteiger partial charge is 0.406 e. The number of nitro groups is 1. The van der Waals surface area contributed by atoms with Crippen LogP contribution in [0.2, 0.25) is 0 Å². The molecule has 7 heteroatoms. The molecular weight excluding hydrogens is 338 g/mol. The van der Waals surface area contributed by atoms with Gasteiger partial charge in [-0.3, -0.25) is 0 Å². The van der Waals surface area contributed by atoms with Crippen LogP contribution in [0.15, 0.2) is 41.0 Å². The van der Waals surface area contributed by atoms with E-state index in [0.717, 1.165) is 5.56 Å². The number of benzene rings is 1. The largest absolute Gasteiger partial charge is 0.478 e. The van der Waals surface area contributed by atoms with Crippen LogP contribution in [0, 0.1) is 21.4 Å². The first-order valence-electron chi connectivity index (χ1n) is 5.98. The molecular formula is C14H10BrN3O3. The van der Waals surface area contributed by atoms with Crippen molar-refractivity contribution in [2.45, 2.75) is 13.0 Å². The number of hydrogen-bond acceptors (Lipinski definition) is 5. The van der Waals surface area contributed by atoms with Crippen LogP contribution in [0.25, 0.3) is 0 Å². The van der Waals surface area contributed by atoms with Crippen molar-refractivity contribution in [2.24, 2.45) is 0 Å². The molecule has 0 spiro atoms. The molecule has 6 nitrogen and oxygen atoms in total. The number of halogens is 1. The minimum absolute atomic E-state index is 0.0734. The maximum atomic E-state index is 11.0. The zero-order valence-electron chi connectivity index (χ0n) is 11.0. The summed E-state index contributed by atoms with van der Waals surface area (Å²) in [6.45, 7) is 1.75. The van der Waals surface area contributed by atoms with E-state index in [2.05, 4.69) is 20.9 Å². The van der Waals surface area contributed by atoms with Gasteiger partial charge in [-0.1, -0.05) is 12.1 Å². The van der Waals surface area contributed by atoms with Crippen LogP contribution in [0.5, 0.6) is 5.75 Å². The molecule has 1 aromatic carbocycles. The Balaban J connectivity index is 2.31. The third-order valence-corrected chi connectivity index (χ3v) is 3.20. The molecule has 0 unspecified atom stereocenters. The Hall–Kier alpha value is -2.46. The Morgan fingerprint density at radius 2 is 2.24 bits per heavy atom. The molecule has 0 fully saturated rings. The van der Waals surface area contributed by atoms with Crippen LogP contribution in [-0.2, 0) is 0 Å². The van der Waals surface area contributed by atoms with E-state index in [-0.39, 0.29) is 11.6 Å². The molecule has 0 aliphatic heterocycles. The quantitative estimate of drug-likeness (QED) is 0.620. The summed E-state index contributed by atoms with van der Waals surface area (Å²) in [5, 5.41) is 19.8. The van der Waals surface area contributed by atoms with Crippen LogP contribution >= 0.6 is 15.9 Å². The van der Waals surface area contributed by atoms with Crippen molar-refractivity contribution in [3.63, 3.8) is 0 Å². The maximum absolute atomic E-state index is 11.0. The van der Waals surface area contributed by atoms with Crippen molar-refractivity contribution in [3.05, 3.63) is 62.2 Å². The molecule has 0 amide bonds. The zero-order valence-corrected chi connectivity index (χ0v) is 12.6. The highest BCUT2D eigenvalue weighted by atomic mass is 79.9. The second-order valence-electron chi connectivity index (χ2n) is 4.23. The first-order valence-corrected chi connectivity index (χ1v) is 6.77. The Labute approximate surface area is 129 Å². The average molecular weight is 348 g/mol. The highest BCUT2D eigenvalue weighted by Gasteiger charge is 2.20. The molecule has 0 radical (unpaired) electrons. The van der Waals surface area contributed by atoms with Crippen molar-refractivity contribution in [3.8, 4) is 11.8 Å².